The summed E-state index contributed by atoms with van der Waals surface area (Å²) in [7, 11) is 1.75. The van der Waals surface area contributed by atoms with E-state index in [1.165, 1.54) is 11.1 Å². The topological polar surface area (TPSA) is 153 Å². The van der Waals surface area contributed by atoms with Gasteiger partial charge in [-0.15, -0.1) is 0 Å². The molecule has 0 aromatic heterocycles. The molecule has 5 rings (SSSR count). The summed E-state index contributed by atoms with van der Waals surface area (Å²) in [4.78, 5) is 36.8. The number of allylic oxidation sites excluding steroid dienone is 1. The second-order valence-corrected chi connectivity index (χ2v) is 10.6. The molecule has 0 saturated heterocycles. The molecule has 0 heterocycles. The summed E-state index contributed by atoms with van der Waals surface area (Å²) in [5, 5.41) is 6.02. The van der Waals surface area contributed by atoms with Gasteiger partial charge in [-0.2, -0.15) is 0 Å². The number of hydrogen-bond donors (Lipinski definition) is 5. The molecule has 8 N–H and O–H groups in total. The molecule has 3 aromatic rings. The Kier molecular flexibility index (Phi) is 14.5. The van der Waals surface area contributed by atoms with Crippen LogP contribution in [-0.2, 0) is 11.2 Å². The van der Waals surface area contributed by atoms with Crippen molar-refractivity contribution in [2.75, 3.05) is 7.05 Å². The van der Waals surface area contributed by atoms with Gasteiger partial charge in [-0.3, -0.25) is 26.1 Å². The van der Waals surface area contributed by atoms with Crippen LogP contribution >= 0.6 is 0 Å². The molecule has 8 nitrogen and oxygen atoms in total. The van der Waals surface area contributed by atoms with Gasteiger partial charge >= 0.3 is 0 Å². The van der Waals surface area contributed by atoms with Crippen LogP contribution in [0.3, 0.4) is 0 Å². The van der Waals surface area contributed by atoms with Crippen molar-refractivity contribution in [2.24, 2.45) is 23.3 Å². The lowest BCUT2D eigenvalue weighted by Gasteiger charge is -2.17. The van der Waals surface area contributed by atoms with Crippen molar-refractivity contribution < 1.29 is 14.4 Å². The largest absolute Gasteiger partial charge is 0.368 e. The number of likely N-dealkylation sites (N-methyl/N-ethyl adjacent to an activating group) is 1. The molecule has 43 heavy (non-hydrogen) atoms. The highest BCUT2D eigenvalue weighted by atomic mass is 16.2. The van der Waals surface area contributed by atoms with Crippen LogP contribution in [0.1, 0.15) is 78.8 Å². The van der Waals surface area contributed by atoms with Crippen LogP contribution in [-0.4, -0.2) is 36.7 Å². The summed E-state index contributed by atoms with van der Waals surface area (Å²) < 4.78 is 0. The number of amides is 2. The molecule has 2 unspecified atom stereocenters. The molecular formula is C35H47N5O3. The van der Waals surface area contributed by atoms with Crippen molar-refractivity contribution in [1.82, 2.24) is 10.6 Å². The van der Waals surface area contributed by atoms with Gasteiger partial charge in [0, 0.05) is 11.1 Å². The van der Waals surface area contributed by atoms with Crippen LogP contribution in [0.25, 0.3) is 11.1 Å². The van der Waals surface area contributed by atoms with Gasteiger partial charge in [-0.1, -0.05) is 106 Å². The van der Waals surface area contributed by atoms with Gasteiger partial charge in [-0.05, 0) is 61.4 Å². The van der Waals surface area contributed by atoms with E-state index in [-0.39, 0.29) is 29.7 Å². The van der Waals surface area contributed by atoms with Crippen LogP contribution in [0.4, 0.5) is 0 Å². The highest BCUT2D eigenvalue weighted by Crippen LogP contribution is 2.38. The molecule has 230 valence electrons. The Hall–Kier alpha value is -4.11. The minimum atomic E-state index is -0.267. The quantitative estimate of drug-likeness (QED) is 0.107. The predicted octanol–water partition coefficient (Wildman–Crippen LogP) is 4.91. The third kappa shape index (κ3) is 9.99. The molecule has 0 spiro atoms. The fourth-order valence-electron chi connectivity index (χ4n) is 4.90. The van der Waals surface area contributed by atoms with Crippen LogP contribution in [0, 0.1) is 5.92 Å². The Morgan fingerprint density at radius 1 is 0.860 bits per heavy atom. The number of ketones is 1. The summed E-state index contributed by atoms with van der Waals surface area (Å²) in [5.41, 5.74) is 11.0. The average Bonchev–Trinajstić information content (AvgIpc) is 3.80. The van der Waals surface area contributed by atoms with E-state index in [0.717, 1.165) is 36.8 Å². The Labute approximate surface area is 256 Å². The third-order valence-corrected chi connectivity index (χ3v) is 6.99. The fraction of sp³-hybridized carbons (Fsp3) is 0.343. The Bertz CT molecular complexity index is 1380. The maximum absolute atomic E-state index is 13.2. The van der Waals surface area contributed by atoms with Crippen molar-refractivity contribution >= 4 is 17.6 Å². The zero-order valence-corrected chi connectivity index (χ0v) is 26.0. The van der Waals surface area contributed by atoms with Crippen LogP contribution in [0.2, 0.25) is 0 Å². The van der Waals surface area contributed by atoms with E-state index < -0.39 is 0 Å². The summed E-state index contributed by atoms with van der Waals surface area (Å²) >= 11 is 0. The SMILES string of the molecule is CC.CNC(CC(C)C)C(N)=O.NN.O=C(NC(C=C1CC1)Cc1ccccc1)c1cccc2c1C(=O)c1ccccc1-2. The van der Waals surface area contributed by atoms with E-state index in [4.69, 9.17) is 5.73 Å². The monoisotopic (exact) mass is 585 g/mol. The first-order valence-corrected chi connectivity index (χ1v) is 14.9. The lowest BCUT2D eigenvalue weighted by Crippen LogP contribution is -2.39. The number of primary amides is 1. The number of carbonyl (C=O) groups is 3. The number of carbonyl (C=O) groups excluding carboxylic acids is 3. The molecule has 0 radical (unpaired) electrons. The second kappa shape index (κ2) is 17.8. The summed E-state index contributed by atoms with van der Waals surface area (Å²) in [6, 6.07) is 23.0. The van der Waals surface area contributed by atoms with Gasteiger partial charge in [0.25, 0.3) is 5.91 Å². The van der Waals surface area contributed by atoms with Crippen molar-refractivity contribution in [2.45, 2.75) is 65.5 Å². The Morgan fingerprint density at radius 3 is 1.98 bits per heavy atom. The maximum Gasteiger partial charge on any atom is 0.252 e. The van der Waals surface area contributed by atoms with Gasteiger partial charge in [0.1, 0.15) is 0 Å². The smallest absolute Gasteiger partial charge is 0.252 e. The van der Waals surface area contributed by atoms with E-state index >= 15 is 0 Å². The van der Waals surface area contributed by atoms with Gasteiger partial charge in [0.15, 0.2) is 5.78 Å². The van der Waals surface area contributed by atoms with Gasteiger partial charge in [0.05, 0.1) is 17.6 Å². The molecule has 3 aromatic carbocycles. The van der Waals surface area contributed by atoms with E-state index in [1.54, 1.807) is 13.1 Å². The number of fused-ring (bicyclic) bond motifs is 3. The zero-order chi connectivity index (χ0) is 31.9. The number of rotatable bonds is 9. The number of hydrazine groups is 1. The minimum absolute atomic E-state index is 0.0680. The van der Waals surface area contributed by atoms with E-state index in [9.17, 15) is 14.4 Å². The molecule has 2 amide bonds. The fourth-order valence-corrected chi connectivity index (χ4v) is 4.90. The van der Waals surface area contributed by atoms with E-state index in [1.807, 2.05) is 68.4 Å². The van der Waals surface area contributed by atoms with Gasteiger partial charge in [-0.25, -0.2) is 0 Å². The minimum Gasteiger partial charge on any atom is -0.368 e. The molecular weight excluding hydrogens is 538 g/mol. The number of nitrogens with one attached hydrogen (secondary N) is 2. The van der Waals surface area contributed by atoms with E-state index in [0.29, 0.717) is 22.6 Å². The normalized spacial score (nSPS) is 13.4. The molecule has 2 atom stereocenters. The molecule has 1 fully saturated rings. The molecule has 2 aliphatic rings. The molecule has 0 bridgehead atoms. The second-order valence-electron chi connectivity index (χ2n) is 10.6. The first-order valence-electron chi connectivity index (χ1n) is 14.9. The Morgan fingerprint density at radius 2 is 1.44 bits per heavy atom. The zero-order valence-electron chi connectivity index (χ0n) is 26.0. The average molecular weight is 586 g/mol. The summed E-state index contributed by atoms with van der Waals surface area (Å²) in [6.07, 6.45) is 5.93. The highest BCUT2D eigenvalue weighted by molar-refractivity contribution is 6.25. The molecule has 0 aliphatic heterocycles. The van der Waals surface area contributed by atoms with Crippen LogP contribution < -0.4 is 28.1 Å². The number of hydrogen-bond acceptors (Lipinski definition) is 6. The lowest BCUT2D eigenvalue weighted by atomic mass is 9.99. The lowest BCUT2D eigenvalue weighted by molar-refractivity contribution is -0.120. The number of nitrogens with two attached hydrogens (primary N) is 3. The Balaban J connectivity index is 0.000000393. The van der Waals surface area contributed by atoms with Crippen LogP contribution in [0.5, 0.6) is 0 Å². The van der Waals surface area contributed by atoms with Crippen molar-refractivity contribution in [3.8, 4) is 11.1 Å². The summed E-state index contributed by atoms with van der Waals surface area (Å²) in [5.74, 6) is 7.98. The maximum atomic E-state index is 13.2. The summed E-state index contributed by atoms with van der Waals surface area (Å²) in [6.45, 7) is 8.13. The highest BCUT2D eigenvalue weighted by Gasteiger charge is 2.31. The molecule has 1 saturated carbocycles. The molecule has 2 aliphatic carbocycles. The molecule has 8 heteroatoms. The predicted molar refractivity (Wildman–Crippen MR) is 175 cm³/mol. The van der Waals surface area contributed by atoms with Crippen molar-refractivity contribution in [3.05, 3.63) is 107 Å². The van der Waals surface area contributed by atoms with Crippen molar-refractivity contribution in [3.63, 3.8) is 0 Å². The first kappa shape index (κ1) is 35.1. The number of benzene rings is 3. The van der Waals surface area contributed by atoms with Gasteiger partial charge in [0.2, 0.25) is 5.91 Å². The third-order valence-electron chi connectivity index (χ3n) is 6.99. The standard InChI is InChI=1S/C26H21NO2.C7H16N2O.C2H6.H4N2/c28-25-22-10-5-4-9-20(22)21-11-6-12-23(24(21)25)26(29)27-19(16-18-13-14-18)15-17-7-2-1-3-8-17;1-5(2)4-6(9-3)7(8)10;2*1-2/h1-12,16,19H,13-15H2,(H,27,29);5-6,9H,4H2,1-3H3,(H2,8,10);1-2H3;1-2H2. The van der Waals surface area contributed by atoms with E-state index in [2.05, 4.69) is 54.4 Å². The van der Waals surface area contributed by atoms with Gasteiger partial charge < -0.3 is 16.4 Å². The van der Waals surface area contributed by atoms with Crippen LogP contribution in [0.15, 0.2) is 84.4 Å². The first-order chi connectivity index (χ1) is 20.8. The van der Waals surface area contributed by atoms with Crippen molar-refractivity contribution in [1.29, 1.82) is 0 Å².